The third-order valence-electron chi connectivity index (χ3n) is 5.46. The third-order valence-corrected chi connectivity index (χ3v) is 5.46. The highest BCUT2D eigenvalue weighted by Gasteiger charge is 2.26. The monoisotopic (exact) mass is 413 g/mol. The number of nitrogens with one attached hydrogen (secondary N) is 1. The maximum Gasteiger partial charge on any atom is 0.266 e. The summed E-state index contributed by atoms with van der Waals surface area (Å²) >= 11 is 0. The van der Waals surface area contributed by atoms with Gasteiger partial charge in [0.25, 0.3) is 5.56 Å². The summed E-state index contributed by atoms with van der Waals surface area (Å²) in [5.74, 6) is 1.51. The predicted octanol–water partition coefficient (Wildman–Crippen LogP) is 3.92. The fourth-order valence-electron chi connectivity index (χ4n) is 3.97. The lowest BCUT2D eigenvalue weighted by molar-refractivity contribution is 0.358. The number of pyridine rings is 1. The van der Waals surface area contributed by atoms with E-state index in [0.717, 1.165) is 39.5 Å². The highest BCUT2D eigenvalue weighted by atomic mass is 16.5. The molecule has 1 aromatic heterocycles. The van der Waals surface area contributed by atoms with Crippen LogP contribution in [0, 0.1) is 11.3 Å². The molecule has 31 heavy (non-hydrogen) atoms. The quantitative estimate of drug-likeness (QED) is 0.702. The number of likely N-dealkylation sites (N-methyl/N-ethyl adjacent to an activating group) is 1. The summed E-state index contributed by atoms with van der Waals surface area (Å²) in [5.41, 5.74) is 4.97. The van der Waals surface area contributed by atoms with E-state index in [1.165, 1.54) is 0 Å². The molecule has 0 saturated heterocycles. The predicted molar refractivity (Wildman–Crippen MR) is 121 cm³/mol. The number of fused-ring (bicyclic) bond motifs is 1. The topological polar surface area (TPSA) is 78.4 Å². The van der Waals surface area contributed by atoms with Crippen LogP contribution in [0.25, 0.3) is 22.8 Å². The van der Waals surface area contributed by atoms with Gasteiger partial charge < -0.3 is 14.5 Å². The number of ether oxygens (including phenoxy) is 2. The van der Waals surface area contributed by atoms with Crippen LogP contribution in [0.15, 0.2) is 53.3 Å². The van der Waals surface area contributed by atoms with E-state index in [1.807, 2.05) is 55.6 Å². The fourth-order valence-corrected chi connectivity index (χ4v) is 3.97. The number of aromatic amines is 1. The van der Waals surface area contributed by atoms with Gasteiger partial charge in [0.15, 0.2) is 0 Å². The molecule has 1 aliphatic heterocycles. The average molecular weight is 413 g/mol. The summed E-state index contributed by atoms with van der Waals surface area (Å²) in [6.45, 7) is 1.31. The Balaban J connectivity index is 1.91. The number of nitrogens with zero attached hydrogens (tertiary/aromatic N) is 2. The first kappa shape index (κ1) is 20.5. The van der Waals surface area contributed by atoms with Crippen molar-refractivity contribution >= 4 is 11.6 Å². The van der Waals surface area contributed by atoms with Crippen molar-refractivity contribution in [3.8, 4) is 28.7 Å². The molecule has 2 aromatic carbocycles. The van der Waals surface area contributed by atoms with Crippen LogP contribution in [0.5, 0.6) is 11.5 Å². The minimum atomic E-state index is -0.378. The van der Waals surface area contributed by atoms with Crippen molar-refractivity contribution in [1.29, 1.82) is 5.26 Å². The van der Waals surface area contributed by atoms with Crippen molar-refractivity contribution in [1.82, 2.24) is 9.88 Å². The Bertz CT molecular complexity index is 1230. The van der Waals surface area contributed by atoms with Crippen LogP contribution in [0.3, 0.4) is 0 Å². The summed E-state index contributed by atoms with van der Waals surface area (Å²) in [4.78, 5) is 18.0. The zero-order valence-electron chi connectivity index (χ0n) is 17.7. The van der Waals surface area contributed by atoms with E-state index in [2.05, 4.69) is 22.0 Å². The molecule has 1 aliphatic rings. The molecule has 6 heteroatoms. The maximum atomic E-state index is 12.8. The normalized spacial score (nSPS) is 14.7. The Hall–Kier alpha value is -3.82. The smallest absolute Gasteiger partial charge is 0.266 e. The molecule has 4 rings (SSSR count). The highest BCUT2D eigenvalue weighted by Crippen LogP contribution is 2.35. The van der Waals surface area contributed by atoms with E-state index in [4.69, 9.17) is 9.47 Å². The van der Waals surface area contributed by atoms with Crippen molar-refractivity contribution in [2.24, 2.45) is 0 Å². The van der Waals surface area contributed by atoms with Crippen molar-refractivity contribution in [2.45, 2.75) is 6.54 Å². The molecule has 0 atom stereocenters. The molecule has 0 saturated carbocycles. The number of methoxy groups -OCH3 is 2. The van der Waals surface area contributed by atoms with Crippen molar-refractivity contribution < 1.29 is 9.47 Å². The van der Waals surface area contributed by atoms with Gasteiger partial charge in [0.05, 0.1) is 19.9 Å². The Morgan fingerprint density at radius 1 is 1.00 bits per heavy atom. The largest absolute Gasteiger partial charge is 0.497 e. The van der Waals surface area contributed by atoms with Crippen molar-refractivity contribution in [2.75, 3.05) is 27.8 Å². The molecular weight excluding hydrogens is 390 g/mol. The average Bonchev–Trinajstić information content (AvgIpc) is 2.79. The van der Waals surface area contributed by atoms with E-state index in [-0.39, 0.29) is 11.1 Å². The summed E-state index contributed by atoms with van der Waals surface area (Å²) in [6.07, 6.45) is 2.06. The molecular formula is C25H23N3O3. The summed E-state index contributed by atoms with van der Waals surface area (Å²) < 4.78 is 10.5. The first-order chi connectivity index (χ1) is 15.0. The van der Waals surface area contributed by atoms with Gasteiger partial charge in [0.2, 0.25) is 0 Å². The zero-order valence-corrected chi connectivity index (χ0v) is 17.7. The molecule has 2 heterocycles. The minimum Gasteiger partial charge on any atom is -0.497 e. The third kappa shape index (κ3) is 3.96. The van der Waals surface area contributed by atoms with E-state index in [0.29, 0.717) is 18.7 Å². The molecule has 0 bridgehead atoms. The van der Waals surface area contributed by atoms with Crippen LogP contribution in [0.4, 0.5) is 0 Å². The number of hydrogen-bond acceptors (Lipinski definition) is 5. The lowest BCUT2D eigenvalue weighted by Gasteiger charge is -2.29. The second-order valence-corrected chi connectivity index (χ2v) is 7.51. The summed E-state index contributed by atoms with van der Waals surface area (Å²) in [5, 5.41) is 9.74. The highest BCUT2D eigenvalue weighted by molar-refractivity contribution is 5.87. The van der Waals surface area contributed by atoms with Gasteiger partial charge in [-0.2, -0.15) is 5.26 Å². The number of rotatable bonds is 4. The fraction of sp³-hybridized carbons (Fsp3) is 0.200. The minimum absolute atomic E-state index is 0.128. The SMILES string of the molecule is COc1ccc(/C=C2\CN(C)Cc3c2[nH]c(=O)c(C#N)c3-c2ccc(OC)cc2)cc1. The van der Waals surface area contributed by atoms with Crippen LogP contribution >= 0.6 is 0 Å². The van der Waals surface area contributed by atoms with Crippen LogP contribution in [0.2, 0.25) is 0 Å². The molecule has 0 spiro atoms. The number of H-pyrrole nitrogens is 1. The van der Waals surface area contributed by atoms with E-state index in [9.17, 15) is 10.1 Å². The van der Waals surface area contributed by atoms with Crippen molar-refractivity contribution in [3.05, 3.63) is 81.3 Å². The summed E-state index contributed by atoms with van der Waals surface area (Å²) in [6, 6.07) is 17.3. The molecule has 0 radical (unpaired) electrons. The van der Waals surface area contributed by atoms with Gasteiger partial charge in [-0.15, -0.1) is 0 Å². The van der Waals surface area contributed by atoms with Crippen LogP contribution < -0.4 is 15.0 Å². The number of aromatic nitrogens is 1. The van der Waals surface area contributed by atoms with Gasteiger partial charge in [0, 0.05) is 18.7 Å². The Labute approximate surface area is 181 Å². The molecule has 0 unspecified atom stereocenters. The van der Waals surface area contributed by atoms with Gasteiger partial charge in [-0.25, -0.2) is 0 Å². The molecule has 0 amide bonds. The van der Waals surface area contributed by atoms with Crippen LogP contribution in [-0.2, 0) is 6.54 Å². The van der Waals surface area contributed by atoms with E-state index in [1.54, 1.807) is 14.2 Å². The second-order valence-electron chi connectivity index (χ2n) is 7.51. The summed E-state index contributed by atoms with van der Waals surface area (Å²) in [7, 11) is 5.27. The molecule has 0 fully saturated rings. The molecule has 6 nitrogen and oxygen atoms in total. The number of hydrogen-bond donors (Lipinski definition) is 1. The van der Waals surface area contributed by atoms with E-state index < -0.39 is 0 Å². The lowest BCUT2D eigenvalue weighted by Crippen LogP contribution is -2.30. The molecule has 0 aliphatic carbocycles. The standard InChI is InChI=1S/C25H23N3O3/c1-28-14-18(12-16-4-8-19(30-2)9-5-16)24-22(15-28)23(21(13-26)25(29)27-24)17-6-10-20(31-3)11-7-17/h4-12H,14-15H2,1-3H3,(H,27,29)/b18-12+. The maximum absolute atomic E-state index is 12.8. The van der Waals surface area contributed by atoms with Crippen molar-refractivity contribution in [3.63, 3.8) is 0 Å². The van der Waals surface area contributed by atoms with Gasteiger partial charge in [-0.1, -0.05) is 24.3 Å². The first-order valence-electron chi connectivity index (χ1n) is 9.91. The molecule has 156 valence electrons. The molecule has 1 N–H and O–H groups in total. The van der Waals surface area contributed by atoms with Gasteiger partial charge >= 0.3 is 0 Å². The Kier molecular flexibility index (Phi) is 5.61. The lowest BCUT2D eigenvalue weighted by atomic mass is 9.89. The second kappa shape index (κ2) is 8.50. The first-order valence-corrected chi connectivity index (χ1v) is 9.91. The van der Waals surface area contributed by atoms with Crippen LogP contribution in [-0.4, -0.2) is 37.7 Å². The van der Waals surface area contributed by atoms with Gasteiger partial charge in [0.1, 0.15) is 23.1 Å². The van der Waals surface area contributed by atoms with E-state index >= 15 is 0 Å². The number of nitriles is 1. The zero-order chi connectivity index (χ0) is 22.0. The Morgan fingerprint density at radius 3 is 2.19 bits per heavy atom. The molecule has 3 aromatic rings. The number of benzene rings is 2. The Morgan fingerprint density at radius 2 is 1.61 bits per heavy atom. The van der Waals surface area contributed by atoms with Crippen LogP contribution in [0.1, 0.15) is 22.4 Å². The van der Waals surface area contributed by atoms with Gasteiger partial charge in [-0.05, 0) is 59.7 Å². The van der Waals surface area contributed by atoms with Gasteiger partial charge in [-0.3, -0.25) is 9.69 Å².